The van der Waals surface area contributed by atoms with E-state index in [9.17, 15) is 9.18 Å². The van der Waals surface area contributed by atoms with Crippen molar-refractivity contribution in [2.45, 2.75) is 26.4 Å². The van der Waals surface area contributed by atoms with Crippen molar-refractivity contribution in [2.75, 3.05) is 6.54 Å². The number of aromatic nitrogens is 1. The topological polar surface area (TPSA) is 34.0 Å². The molecule has 0 bridgehead atoms. The second-order valence-corrected chi connectivity index (χ2v) is 5.07. The zero-order valence-corrected chi connectivity index (χ0v) is 11.8. The van der Waals surface area contributed by atoms with E-state index in [-0.39, 0.29) is 17.6 Å². The summed E-state index contributed by atoms with van der Waals surface area (Å²) in [5, 5.41) is 3.10. The number of halogens is 1. The van der Waals surface area contributed by atoms with Crippen LogP contribution in [0.5, 0.6) is 0 Å². The Morgan fingerprint density at radius 1 is 1.25 bits per heavy atom. The summed E-state index contributed by atoms with van der Waals surface area (Å²) in [6.45, 7) is 4.64. The first-order valence-electron chi connectivity index (χ1n) is 6.73. The average molecular weight is 274 g/mol. The molecule has 0 saturated heterocycles. The van der Waals surface area contributed by atoms with E-state index < -0.39 is 0 Å². The molecule has 106 valence electrons. The first-order chi connectivity index (χ1) is 9.58. The van der Waals surface area contributed by atoms with Crippen molar-refractivity contribution in [3.05, 3.63) is 59.7 Å². The highest BCUT2D eigenvalue weighted by Gasteiger charge is 2.12. The van der Waals surface area contributed by atoms with Crippen molar-refractivity contribution in [3.63, 3.8) is 0 Å². The van der Waals surface area contributed by atoms with Crippen molar-refractivity contribution in [1.29, 1.82) is 0 Å². The molecule has 0 spiro atoms. The molecule has 0 aliphatic heterocycles. The summed E-state index contributed by atoms with van der Waals surface area (Å²) in [7, 11) is 0. The predicted octanol–water partition coefficient (Wildman–Crippen LogP) is 2.86. The monoisotopic (exact) mass is 274 g/mol. The van der Waals surface area contributed by atoms with Crippen LogP contribution in [0.25, 0.3) is 0 Å². The minimum Gasteiger partial charge on any atom is -0.341 e. The molecule has 0 aliphatic carbocycles. The third-order valence-corrected chi connectivity index (χ3v) is 3.08. The number of hydrogen-bond donors (Lipinski definition) is 1. The molecule has 4 heteroatoms. The van der Waals surface area contributed by atoms with E-state index in [0.717, 1.165) is 0 Å². The predicted molar refractivity (Wildman–Crippen MR) is 77.4 cm³/mol. The van der Waals surface area contributed by atoms with Crippen molar-refractivity contribution in [1.82, 2.24) is 9.88 Å². The fourth-order valence-corrected chi connectivity index (χ4v) is 2.00. The summed E-state index contributed by atoms with van der Waals surface area (Å²) in [6, 6.07) is 10.5. The second-order valence-electron chi connectivity index (χ2n) is 5.07. The molecule has 0 saturated carbocycles. The number of hydrogen-bond acceptors (Lipinski definition) is 2. The molecule has 0 aliphatic rings. The van der Waals surface area contributed by atoms with Crippen molar-refractivity contribution in [2.24, 2.45) is 0 Å². The van der Waals surface area contributed by atoms with E-state index in [4.69, 9.17) is 0 Å². The van der Waals surface area contributed by atoms with Gasteiger partial charge in [0.1, 0.15) is 5.82 Å². The smallest absolute Gasteiger partial charge is 0.192 e. The molecule has 1 heterocycles. The number of Topliss-reactive ketones (excluding diaryl/α,β-unsaturated/α-hetero) is 1. The van der Waals surface area contributed by atoms with Crippen LogP contribution in [-0.2, 0) is 6.54 Å². The van der Waals surface area contributed by atoms with E-state index in [1.807, 2.05) is 19.9 Å². The maximum atomic E-state index is 13.7. The van der Waals surface area contributed by atoms with Gasteiger partial charge in [0.05, 0.1) is 18.8 Å². The average Bonchev–Trinajstić information content (AvgIpc) is 2.87. The molecule has 2 aromatic rings. The Labute approximate surface area is 118 Å². The van der Waals surface area contributed by atoms with Gasteiger partial charge in [-0.3, -0.25) is 4.79 Å². The Hall–Kier alpha value is -1.94. The minimum absolute atomic E-state index is 0.0139. The summed E-state index contributed by atoms with van der Waals surface area (Å²) in [6.07, 6.45) is 1.80. The van der Waals surface area contributed by atoms with Gasteiger partial charge in [0.2, 0.25) is 0 Å². The molecular weight excluding hydrogens is 255 g/mol. The molecule has 2 rings (SSSR count). The number of nitrogens with zero attached hydrogens (tertiary/aromatic N) is 1. The standard InChI is InChI=1S/C16H19FN2O/c1-12(2)18-10-16(20)15-8-5-9-19(15)11-13-6-3-4-7-14(13)17/h3-9,12,18H,10-11H2,1-2H3. The Bertz CT molecular complexity index is 590. The number of carbonyl (C=O) groups excluding carboxylic acids is 1. The maximum Gasteiger partial charge on any atom is 0.192 e. The molecule has 0 radical (unpaired) electrons. The third kappa shape index (κ3) is 3.54. The molecule has 1 N–H and O–H groups in total. The molecular formula is C16H19FN2O. The fourth-order valence-electron chi connectivity index (χ4n) is 2.00. The van der Waals surface area contributed by atoms with Gasteiger partial charge in [-0.05, 0) is 18.2 Å². The number of carbonyl (C=O) groups is 1. The van der Waals surface area contributed by atoms with Crippen LogP contribution >= 0.6 is 0 Å². The third-order valence-electron chi connectivity index (χ3n) is 3.08. The van der Waals surface area contributed by atoms with Crippen LogP contribution in [0.4, 0.5) is 4.39 Å². The minimum atomic E-state index is -0.250. The van der Waals surface area contributed by atoms with Gasteiger partial charge < -0.3 is 9.88 Å². The Balaban J connectivity index is 2.13. The largest absolute Gasteiger partial charge is 0.341 e. The van der Waals surface area contributed by atoms with Crippen LogP contribution in [0.3, 0.4) is 0 Å². The molecule has 0 amide bonds. The van der Waals surface area contributed by atoms with Crippen molar-refractivity contribution >= 4 is 5.78 Å². The van der Waals surface area contributed by atoms with E-state index in [1.54, 1.807) is 35.0 Å². The van der Waals surface area contributed by atoms with E-state index in [1.165, 1.54) is 6.07 Å². The summed E-state index contributed by atoms with van der Waals surface area (Å²) in [5.41, 5.74) is 1.18. The van der Waals surface area contributed by atoms with Gasteiger partial charge >= 0.3 is 0 Å². The SMILES string of the molecule is CC(C)NCC(=O)c1cccn1Cc1ccccc1F. The number of ketones is 1. The summed E-state index contributed by atoms with van der Waals surface area (Å²) < 4.78 is 15.4. The molecule has 0 fully saturated rings. The maximum absolute atomic E-state index is 13.7. The van der Waals surface area contributed by atoms with Gasteiger partial charge in [-0.2, -0.15) is 0 Å². The second kappa shape index (κ2) is 6.48. The Morgan fingerprint density at radius 3 is 2.70 bits per heavy atom. The Kier molecular flexibility index (Phi) is 4.69. The lowest BCUT2D eigenvalue weighted by Crippen LogP contribution is -2.30. The van der Waals surface area contributed by atoms with Crippen LogP contribution in [0.1, 0.15) is 29.9 Å². The van der Waals surface area contributed by atoms with Crippen LogP contribution < -0.4 is 5.32 Å². The van der Waals surface area contributed by atoms with Crippen LogP contribution in [0.15, 0.2) is 42.6 Å². The Morgan fingerprint density at radius 2 is 2.00 bits per heavy atom. The molecule has 0 unspecified atom stereocenters. The summed E-state index contributed by atoms with van der Waals surface area (Å²) >= 11 is 0. The highest BCUT2D eigenvalue weighted by molar-refractivity contribution is 5.96. The van der Waals surface area contributed by atoms with Crippen LogP contribution in [0, 0.1) is 5.82 Å². The van der Waals surface area contributed by atoms with Crippen LogP contribution in [-0.4, -0.2) is 22.9 Å². The highest BCUT2D eigenvalue weighted by Crippen LogP contribution is 2.11. The zero-order valence-electron chi connectivity index (χ0n) is 11.8. The summed E-state index contributed by atoms with van der Waals surface area (Å²) in [4.78, 5) is 12.1. The van der Waals surface area contributed by atoms with Crippen LogP contribution in [0.2, 0.25) is 0 Å². The van der Waals surface area contributed by atoms with Gasteiger partial charge in [-0.1, -0.05) is 32.0 Å². The normalized spacial score (nSPS) is 11.0. The number of nitrogens with one attached hydrogen (secondary N) is 1. The lowest BCUT2D eigenvalue weighted by Gasteiger charge is -2.11. The zero-order chi connectivity index (χ0) is 14.5. The quantitative estimate of drug-likeness (QED) is 0.822. The molecule has 3 nitrogen and oxygen atoms in total. The van der Waals surface area contributed by atoms with E-state index in [0.29, 0.717) is 24.3 Å². The van der Waals surface area contributed by atoms with E-state index in [2.05, 4.69) is 5.32 Å². The molecule has 1 aromatic carbocycles. The van der Waals surface area contributed by atoms with Gasteiger partial charge in [0.25, 0.3) is 0 Å². The molecule has 20 heavy (non-hydrogen) atoms. The fraction of sp³-hybridized carbons (Fsp3) is 0.312. The van der Waals surface area contributed by atoms with Crippen molar-refractivity contribution < 1.29 is 9.18 Å². The van der Waals surface area contributed by atoms with E-state index >= 15 is 0 Å². The number of rotatable bonds is 6. The number of benzene rings is 1. The lowest BCUT2D eigenvalue weighted by molar-refractivity contribution is 0.0980. The molecule has 0 atom stereocenters. The highest BCUT2D eigenvalue weighted by atomic mass is 19.1. The van der Waals surface area contributed by atoms with Gasteiger partial charge in [0, 0.05) is 17.8 Å². The van der Waals surface area contributed by atoms with Gasteiger partial charge in [-0.15, -0.1) is 0 Å². The summed E-state index contributed by atoms with van der Waals surface area (Å²) in [5.74, 6) is -0.236. The molecule has 1 aromatic heterocycles. The van der Waals surface area contributed by atoms with Gasteiger partial charge in [0.15, 0.2) is 5.78 Å². The lowest BCUT2D eigenvalue weighted by atomic mass is 10.2. The van der Waals surface area contributed by atoms with Crippen molar-refractivity contribution in [3.8, 4) is 0 Å². The first-order valence-corrected chi connectivity index (χ1v) is 6.73. The first kappa shape index (κ1) is 14.5. The van der Waals surface area contributed by atoms with Gasteiger partial charge in [-0.25, -0.2) is 4.39 Å².